The molecule has 1 amide bonds. The molecule has 0 unspecified atom stereocenters. The van der Waals surface area contributed by atoms with Crippen molar-refractivity contribution in [2.24, 2.45) is 10.1 Å². The molecule has 1 N–H and O–H groups in total. The third-order valence-corrected chi connectivity index (χ3v) is 7.09. The normalized spacial score (nSPS) is 16.7. The molecule has 3 heterocycles. The van der Waals surface area contributed by atoms with Gasteiger partial charge in [-0.2, -0.15) is 15.1 Å². The highest BCUT2D eigenvalue weighted by molar-refractivity contribution is 8.27. The number of aryl methyl sites for hydroxylation is 1. The Morgan fingerprint density at radius 3 is 2.40 bits per heavy atom. The smallest absolute Gasteiger partial charge is 0.283 e. The highest BCUT2D eigenvalue weighted by Gasteiger charge is 2.36. The van der Waals surface area contributed by atoms with Crippen LogP contribution in [0.5, 0.6) is 0 Å². The molecule has 0 spiro atoms. The SMILES string of the molecule is Cc1cc(/C=C2\C(=N)N3N=C(c4ccc(F)cc4)SC3=NC2=O)c(C)n1-c1ccc(C(C)C)cc1. The maximum atomic E-state index is 13.3. The van der Waals surface area contributed by atoms with E-state index in [4.69, 9.17) is 5.41 Å². The number of amides is 1. The van der Waals surface area contributed by atoms with Gasteiger partial charge >= 0.3 is 0 Å². The summed E-state index contributed by atoms with van der Waals surface area (Å²) in [6.45, 7) is 8.35. The highest BCUT2D eigenvalue weighted by atomic mass is 32.2. The van der Waals surface area contributed by atoms with E-state index in [0.717, 1.165) is 22.6 Å². The zero-order valence-electron chi connectivity index (χ0n) is 19.8. The zero-order valence-corrected chi connectivity index (χ0v) is 20.7. The molecule has 176 valence electrons. The summed E-state index contributed by atoms with van der Waals surface area (Å²) < 4.78 is 15.4. The summed E-state index contributed by atoms with van der Waals surface area (Å²) in [6.07, 6.45) is 1.71. The molecule has 2 aliphatic heterocycles. The molecular formula is C27H24FN5OS. The average Bonchev–Trinajstić information content (AvgIpc) is 3.37. The maximum Gasteiger partial charge on any atom is 0.283 e. The molecule has 0 radical (unpaired) electrons. The first-order valence-electron chi connectivity index (χ1n) is 11.3. The number of benzene rings is 2. The molecule has 2 aromatic carbocycles. The van der Waals surface area contributed by atoms with E-state index in [1.807, 2.05) is 19.9 Å². The van der Waals surface area contributed by atoms with Crippen LogP contribution in [-0.2, 0) is 4.79 Å². The first-order valence-corrected chi connectivity index (χ1v) is 12.1. The van der Waals surface area contributed by atoms with Crippen molar-refractivity contribution in [3.05, 3.63) is 94.1 Å². The van der Waals surface area contributed by atoms with Gasteiger partial charge in [-0.25, -0.2) is 4.39 Å². The van der Waals surface area contributed by atoms with Gasteiger partial charge in [0.05, 0.1) is 5.57 Å². The molecule has 5 rings (SSSR count). The van der Waals surface area contributed by atoms with Crippen LogP contribution in [0, 0.1) is 25.1 Å². The molecule has 0 bridgehead atoms. The average molecular weight is 486 g/mol. The van der Waals surface area contributed by atoms with Crippen molar-refractivity contribution >= 4 is 39.8 Å². The number of rotatable bonds is 4. The van der Waals surface area contributed by atoms with Crippen molar-refractivity contribution in [2.45, 2.75) is 33.6 Å². The Morgan fingerprint density at radius 2 is 1.74 bits per heavy atom. The summed E-state index contributed by atoms with van der Waals surface area (Å²) in [7, 11) is 0. The van der Waals surface area contributed by atoms with Gasteiger partial charge in [0.1, 0.15) is 10.9 Å². The first kappa shape index (κ1) is 23.0. The number of carbonyl (C=O) groups is 1. The summed E-state index contributed by atoms with van der Waals surface area (Å²) in [5.41, 5.74) is 6.03. The Morgan fingerprint density at radius 1 is 1.06 bits per heavy atom. The first-order chi connectivity index (χ1) is 16.7. The Bertz CT molecular complexity index is 1450. The lowest BCUT2D eigenvalue weighted by Gasteiger charge is -2.20. The standard InChI is InChI=1S/C27H24FN5OS/c1-15(2)18-7-11-22(12-8-18)32-16(3)13-20(17(32)4)14-23-24(29)33-27(30-25(23)34)35-26(31-33)19-5-9-21(28)10-6-19/h5-15,29H,1-4H3/b23-14+,29-24?. The van der Waals surface area contributed by atoms with E-state index in [0.29, 0.717) is 21.7 Å². The molecule has 8 heteroatoms. The van der Waals surface area contributed by atoms with Gasteiger partial charge in [-0.1, -0.05) is 26.0 Å². The van der Waals surface area contributed by atoms with Crippen LogP contribution in [0.4, 0.5) is 4.39 Å². The summed E-state index contributed by atoms with van der Waals surface area (Å²) in [4.78, 5) is 17.0. The monoisotopic (exact) mass is 485 g/mol. The molecule has 0 atom stereocenters. The summed E-state index contributed by atoms with van der Waals surface area (Å²) in [6, 6.07) is 16.4. The Balaban J connectivity index is 1.48. The molecule has 0 aliphatic carbocycles. The number of halogens is 1. The summed E-state index contributed by atoms with van der Waals surface area (Å²) in [5, 5.41) is 15.4. The number of hydrazone groups is 1. The number of fused-ring (bicyclic) bond motifs is 1. The van der Waals surface area contributed by atoms with Crippen LogP contribution in [0.2, 0.25) is 0 Å². The van der Waals surface area contributed by atoms with Crippen LogP contribution in [0.25, 0.3) is 11.8 Å². The van der Waals surface area contributed by atoms with Crippen LogP contribution < -0.4 is 0 Å². The predicted octanol–water partition coefficient (Wildman–Crippen LogP) is 6.02. The van der Waals surface area contributed by atoms with Crippen molar-refractivity contribution in [2.75, 3.05) is 0 Å². The van der Waals surface area contributed by atoms with E-state index in [2.05, 4.69) is 52.8 Å². The van der Waals surface area contributed by atoms with Crippen LogP contribution in [0.3, 0.4) is 0 Å². The minimum Gasteiger partial charge on any atom is -0.318 e. The van der Waals surface area contributed by atoms with Crippen LogP contribution in [0.15, 0.2) is 70.3 Å². The topological polar surface area (TPSA) is 73.8 Å². The number of amidine groups is 2. The van der Waals surface area contributed by atoms with Crippen molar-refractivity contribution in [3.8, 4) is 5.69 Å². The molecule has 1 aromatic heterocycles. The van der Waals surface area contributed by atoms with E-state index < -0.39 is 5.91 Å². The van der Waals surface area contributed by atoms with Crippen LogP contribution >= 0.6 is 11.8 Å². The lowest BCUT2D eigenvalue weighted by molar-refractivity contribution is -0.114. The van der Waals surface area contributed by atoms with E-state index in [1.165, 1.54) is 34.5 Å². The maximum absolute atomic E-state index is 13.3. The molecule has 0 saturated carbocycles. The number of carbonyl (C=O) groups excluding carboxylic acids is 1. The number of aliphatic imine (C=N–C) groups is 1. The lowest BCUT2D eigenvalue weighted by Crippen LogP contribution is -2.35. The number of hydrogen-bond acceptors (Lipinski definition) is 4. The fourth-order valence-corrected chi connectivity index (χ4v) is 5.09. The molecule has 35 heavy (non-hydrogen) atoms. The van der Waals surface area contributed by atoms with Gasteiger partial charge in [-0.3, -0.25) is 10.2 Å². The van der Waals surface area contributed by atoms with Gasteiger partial charge in [-0.15, -0.1) is 0 Å². The van der Waals surface area contributed by atoms with Gasteiger partial charge in [0, 0.05) is 22.6 Å². The van der Waals surface area contributed by atoms with Gasteiger partial charge in [0.2, 0.25) is 5.17 Å². The van der Waals surface area contributed by atoms with Gasteiger partial charge in [0.25, 0.3) is 5.91 Å². The van der Waals surface area contributed by atoms with Crippen molar-refractivity contribution in [1.29, 1.82) is 5.41 Å². The quantitative estimate of drug-likeness (QED) is 0.459. The number of thioether (sulfide) groups is 1. The molecular weight excluding hydrogens is 461 g/mol. The highest BCUT2D eigenvalue weighted by Crippen LogP contribution is 2.32. The predicted molar refractivity (Wildman–Crippen MR) is 140 cm³/mol. The van der Waals surface area contributed by atoms with Crippen molar-refractivity contribution < 1.29 is 9.18 Å². The molecule has 6 nitrogen and oxygen atoms in total. The largest absolute Gasteiger partial charge is 0.318 e. The van der Waals surface area contributed by atoms with Crippen molar-refractivity contribution in [1.82, 2.24) is 9.58 Å². The molecule has 3 aromatic rings. The second-order valence-electron chi connectivity index (χ2n) is 8.84. The van der Waals surface area contributed by atoms with Crippen molar-refractivity contribution in [3.63, 3.8) is 0 Å². The zero-order chi connectivity index (χ0) is 24.9. The summed E-state index contributed by atoms with van der Waals surface area (Å²) in [5.74, 6) is -0.389. The third kappa shape index (κ3) is 4.14. The second-order valence-corrected chi connectivity index (χ2v) is 9.80. The van der Waals surface area contributed by atoms with E-state index >= 15 is 0 Å². The minimum absolute atomic E-state index is 0.0318. The van der Waals surface area contributed by atoms with E-state index in [1.54, 1.807) is 18.2 Å². The van der Waals surface area contributed by atoms with E-state index in [9.17, 15) is 9.18 Å². The number of nitrogens with zero attached hydrogens (tertiary/aromatic N) is 4. The molecule has 0 saturated heterocycles. The Labute approximate surface area is 207 Å². The lowest BCUT2D eigenvalue weighted by atomic mass is 10.0. The third-order valence-electron chi connectivity index (χ3n) is 6.13. The Hall–Kier alpha value is -3.78. The Kier molecular flexibility index (Phi) is 5.76. The van der Waals surface area contributed by atoms with E-state index in [-0.39, 0.29) is 17.2 Å². The fourth-order valence-electron chi connectivity index (χ4n) is 4.20. The minimum atomic E-state index is -0.476. The van der Waals surface area contributed by atoms with Crippen LogP contribution in [-0.4, -0.2) is 31.5 Å². The number of nitrogens with one attached hydrogen (secondary N) is 1. The van der Waals surface area contributed by atoms with Crippen LogP contribution in [0.1, 0.15) is 47.8 Å². The second kappa shape index (κ2) is 8.78. The molecule has 2 aliphatic rings. The number of hydrogen-bond donors (Lipinski definition) is 1. The fraction of sp³-hybridized carbons (Fsp3) is 0.185. The van der Waals surface area contributed by atoms with Gasteiger partial charge in [-0.05, 0) is 91.2 Å². The van der Waals surface area contributed by atoms with Gasteiger partial charge in [0.15, 0.2) is 5.84 Å². The van der Waals surface area contributed by atoms with Gasteiger partial charge < -0.3 is 4.57 Å². The molecule has 0 fully saturated rings. The number of aromatic nitrogens is 1. The summed E-state index contributed by atoms with van der Waals surface area (Å²) >= 11 is 1.19.